The van der Waals surface area contributed by atoms with Crippen LogP contribution in [0.1, 0.15) is 47.9 Å². The molecule has 4 aromatic rings. The molecule has 0 spiro atoms. The summed E-state index contributed by atoms with van der Waals surface area (Å²) in [5.41, 5.74) is 4.24. The molecule has 3 N–H and O–H groups in total. The Hall–Kier alpha value is -3.61. The zero-order chi connectivity index (χ0) is 24.5. The predicted octanol–water partition coefficient (Wildman–Crippen LogP) is 6.32. The van der Waals surface area contributed by atoms with Gasteiger partial charge in [-0.1, -0.05) is 92.7 Å². The zero-order valence-corrected chi connectivity index (χ0v) is 19.7. The van der Waals surface area contributed by atoms with Crippen molar-refractivity contribution in [3.05, 3.63) is 113 Å². The second-order valence-corrected chi connectivity index (χ2v) is 9.78. The van der Waals surface area contributed by atoms with Crippen LogP contribution in [0.25, 0.3) is 11.1 Å². The highest BCUT2D eigenvalue weighted by Crippen LogP contribution is 2.41. The van der Waals surface area contributed by atoms with Gasteiger partial charge in [0.2, 0.25) is 0 Å². The number of benzene rings is 4. The van der Waals surface area contributed by atoms with Crippen molar-refractivity contribution in [3.8, 4) is 22.6 Å². The first-order valence-corrected chi connectivity index (χ1v) is 12.4. The van der Waals surface area contributed by atoms with E-state index in [1.807, 2.05) is 49.4 Å². The molecular weight excluding hydrogens is 448 g/mol. The maximum absolute atomic E-state index is 12.3. The third-order valence-corrected chi connectivity index (χ3v) is 7.25. The zero-order valence-electron chi connectivity index (χ0n) is 18.9. The lowest BCUT2D eigenvalue weighted by atomic mass is 9.88. The topological polar surface area (TPSA) is 94.8 Å². The van der Waals surface area contributed by atoms with E-state index in [1.54, 1.807) is 24.3 Å². The van der Waals surface area contributed by atoms with E-state index in [9.17, 15) is 23.2 Å². The van der Waals surface area contributed by atoms with Crippen molar-refractivity contribution in [1.82, 2.24) is 0 Å². The van der Waals surface area contributed by atoms with Crippen molar-refractivity contribution >= 4 is 10.1 Å². The highest BCUT2D eigenvalue weighted by Gasteiger charge is 2.27. The fraction of sp³-hybridized carbons (Fsp3) is 0.143. The lowest BCUT2D eigenvalue weighted by Gasteiger charge is -2.20. The van der Waals surface area contributed by atoms with E-state index in [2.05, 4.69) is 19.1 Å². The molecular formula is C28H26O5S. The van der Waals surface area contributed by atoms with E-state index in [-0.39, 0.29) is 17.2 Å². The van der Waals surface area contributed by atoms with Gasteiger partial charge >= 0.3 is 0 Å². The number of hydrogen-bond acceptors (Lipinski definition) is 4. The van der Waals surface area contributed by atoms with Gasteiger partial charge in [-0.2, -0.15) is 8.42 Å². The van der Waals surface area contributed by atoms with Crippen molar-refractivity contribution in [2.75, 3.05) is 0 Å². The first-order valence-electron chi connectivity index (χ1n) is 10.9. The Morgan fingerprint density at radius 3 is 1.74 bits per heavy atom. The molecule has 0 aliphatic rings. The van der Waals surface area contributed by atoms with Gasteiger partial charge < -0.3 is 10.2 Å². The highest BCUT2D eigenvalue weighted by molar-refractivity contribution is 7.86. The summed E-state index contributed by atoms with van der Waals surface area (Å²) in [6, 6.07) is 27.3. The number of phenols is 2. The van der Waals surface area contributed by atoms with Crippen LogP contribution in [0.4, 0.5) is 0 Å². The molecule has 0 radical (unpaired) electrons. The summed E-state index contributed by atoms with van der Waals surface area (Å²) in [7, 11) is -4.71. The van der Waals surface area contributed by atoms with Crippen LogP contribution >= 0.6 is 0 Å². The molecule has 0 fully saturated rings. The molecule has 6 heteroatoms. The van der Waals surface area contributed by atoms with Gasteiger partial charge in [-0.3, -0.25) is 4.55 Å². The standard InChI is InChI=1S/C28H26O5S/c1-18(20-6-4-3-5-7-20)21-8-10-22(11-9-21)19(2)25-16-17-26(23-12-14-24(29)15-13-23)27(30)28(25)34(31,32)33/h3-19,29-30H,1-2H3,(H,31,32,33). The van der Waals surface area contributed by atoms with Crippen molar-refractivity contribution in [3.63, 3.8) is 0 Å². The molecule has 34 heavy (non-hydrogen) atoms. The van der Waals surface area contributed by atoms with E-state index in [4.69, 9.17) is 0 Å². The molecule has 0 amide bonds. The molecule has 5 nitrogen and oxygen atoms in total. The van der Waals surface area contributed by atoms with Gasteiger partial charge in [-0.15, -0.1) is 0 Å². The number of aromatic hydroxyl groups is 2. The Bertz CT molecular complexity index is 1390. The average molecular weight is 475 g/mol. The van der Waals surface area contributed by atoms with Crippen LogP contribution in [-0.4, -0.2) is 23.2 Å². The van der Waals surface area contributed by atoms with Gasteiger partial charge in [0.1, 0.15) is 16.4 Å². The second kappa shape index (κ2) is 9.33. The van der Waals surface area contributed by atoms with Crippen LogP contribution in [0.3, 0.4) is 0 Å². The molecule has 2 atom stereocenters. The van der Waals surface area contributed by atoms with Crippen molar-refractivity contribution in [1.29, 1.82) is 0 Å². The number of hydrogen-bond donors (Lipinski definition) is 3. The normalized spacial score (nSPS) is 13.4. The lowest BCUT2D eigenvalue weighted by molar-refractivity contribution is 0.441. The largest absolute Gasteiger partial charge is 0.508 e. The van der Waals surface area contributed by atoms with Crippen molar-refractivity contribution in [2.24, 2.45) is 0 Å². The minimum Gasteiger partial charge on any atom is -0.508 e. The average Bonchev–Trinajstić information content (AvgIpc) is 2.83. The molecule has 0 aromatic heterocycles. The summed E-state index contributed by atoms with van der Waals surface area (Å²) < 4.78 is 34.6. The Labute approximate surface area is 199 Å². The molecule has 174 valence electrons. The van der Waals surface area contributed by atoms with E-state index in [0.717, 1.165) is 11.1 Å². The van der Waals surface area contributed by atoms with Gasteiger partial charge in [0, 0.05) is 17.4 Å². The van der Waals surface area contributed by atoms with Crippen LogP contribution in [0, 0.1) is 0 Å². The molecule has 0 saturated heterocycles. The molecule has 0 heterocycles. The maximum Gasteiger partial charge on any atom is 0.298 e. The third kappa shape index (κ3) is 4.69. The third-order valence-electron chi connectivity index (χ3n) is 6.30. The van der Waals surface area contributed by atoms with Crippen LogP contribution in [0.5, 0.6) is 11.5 Å². The SMILES string of the molecule is CC(c1ccccc1)c1ccc(C(C)c2ccc(-c3ccc(O)cc3)c(O)c2S(=O)(=O)O)cc1. The monoisotopic (exact) mass is 474 g/mol. The Morgan fingerprint density at radius 1 is 0.647 bits per heavy atom. The predicted molar refractivity (Wildman–Crippen MR) is 133 cm³/mol. The molecule has 4 rings (SSSR count). The van der Waals surface area contributed by atoms with Crippen molar-refractivity contribution in [2.45, 2.75) is 30.6 Å². The number of phenolic OH excluding ortho intramolecular Hbond substituents is 2. The van der Waals surface area contributed by atoms with E-state index in [1.165, 1.54) is 17.7 Å². The highest BCUT2D eigenvalue weighted by atomic mass is 32.2. The first-order chi connectivity index (χ1) is 16.2. The first kappa shape index (κ1) is 23.5. The van der Waals surface area contributed by atoms with E-state index in [0.29, 0.717) is 11.1 Å². The summed E-state index contributed by atoms with van der Waals surface area (Å²) in [5.74, 6) is -0.675. The molecule has 2 unspecified atom stereocenters. The summed E-state index contributed by atoms with van der Waals surface area (Å²) in [6.07, 6.45) is 0. The minimum atomic E-state index is -4.71. The van der Waals surface area contributed by atoms with Gasteiger partial charge in [0.15, 0.2) is 0 Å². The van der Waals surface area contributed by atoms with Crippen LogP contribution in [-0.2, 0) is 10.1 Å². The summed E-state index contributed by atoms with van der Waals surface area (Å²) in [6.45, 7) is 3.96. The Kier molecular flexibility index (Phi) is 6.46. The molecule has 0 bridgehead atoms. The minimum absolute atomic E-state index is 0.0496. The van der Waals surface area contributed by atoms with E-state index < -0.39 is 26.7 Å². The second-order valence-electron chi connectivity index (χ2n) is 8.42. The summed E-state index contributed by atoms with van der Waals surface area (Å²) in [4.78, 5) is -0.507. The van der Waals surface area contributed by atoms with Gasteiger partial charge in [0.25, 0.3) is 10.1 Å². The van der Waals surface area contributed by atoms with Gasteiger partial charge in [0.05, 0.1) is 0 Å². The quantitative estimate of drug-likeness (QED) is 0.285. The van der Waals surface area contributed by atoms with E-state index >= 15 is 0 Å². The van der Waals surface area contributed by atoms with Crippen molar-refractivity contribution < 1.29 is 23.2 Å². The lowest BCUT2D eigenvalue weighted by Crippen LogP contribution is -2.08. The van der Waals surface area contributed by atoms with Gasteiger partial charge in [-0.05, 0) is 39.9 Å². The molecule has 0 aliphatic heterocycles. The van der Waals surface area contributed by atoms with Crippen LogP contribution in [0.15, 0.2) is 95.9 Å². The Balaban J connectivity index is 1.72. The van der Waals surface area contributed by atoms with Crippen LogP contribution < -0.4 is 0 Å². The van der Waals surface area contributed by atoms with Crippen LogP contribution in [0.2, 0.25) is 0 Å². The number of rotatable bonds is 6. The fourth-order valence-electron chi connectivity index (χ4n) is 4.26. The summed E-state index contributed by atoms with van der Waals surface area (Å²) in [5, 5.41) is 20.4. The molecule has 4 aromatic carbocycles. The fourth-order valence-corrected chi connectivity index (χ4v) is 5.16. The van der Waals surface area contributed by atoms with Gasteiger partial charge in [-0.25, -0.2) is 0 Å². The molecule has 0 saturated carbocycles. The Morgan fingerprint density at radius 2 is 1.18 bits per heavy atom. The smallest absolute Gasteiger partial charge is 0.298 e. The molecule has 0 aliphatic carbocycles. The summed E-state index contributed by atoms with van der Waals surface area (Å²) >= 11 is 0. The maximum atomic E-state index is 12.3.